The van der Waals surface area contributed by atoms with Crippen molar-refractivity contribution in [1.82, 2.24) is 9.88 Å². The molecule has 0 aromatic carbocycles. The largest absolute Gasteiger partial charge is 0.313 e. The lowest BCUT2D eigenvalue weighted by molar-refractivity contribution is 0.499. The second-order valence-electron chi connectivity index (χ2n) is 3.78. The molecule has 0 saturated carbocycles. The maximum atomic E-state index is 11.7. The molecule has 0 amide bonds. The van der Waals surface area contributed by atoms with Crippen LogP contribution in [-0.2, 0) is 6.54 Å². The number of nitriles is 1. The van der Waals surface area contributed by atoms with E-state index >= 15 is 0 Å². The smallest absolute Gasteiger partial charge is 0.268 e. The first-order chi connectivity index (χ1) is 7.31. The van der Waals surface area contributed by atoms with Crippen molar-refractivity contribution in [3.63, 3.8) is 0 Å². The van der Waals surface area contributed by atoms with Crippen molar-refractivity contribution in [1.29, 1.82) is 5.26 Å². The maximum Gasteiger partial charge on any atom is 0.268 e. The number of aromatic nitrogens is 1. The molecular weight excluding hydrogens is 190 g/mol. The molecule has 78 valence electrons. The van der Waals surface area contributed by atoms with Crippen LogP contribution in [0, 0.1) is 11.3 Å². The van der Waals surface area contributed by atoms with E-state index in [1.165, 1.54) is 0 Å². The molecule has 4 heteroatoms. The molecule has 1 aromatic heterocycles. The zero-order valence-corrected chi connectivity index (χ0v) is 8.44. The van der Waals surface area contributed by atoms with Gasteiger partial charge in [0.05, 0.1) is 0 Å². The highest BCUT2D eigenvalue weighted by molar-refractivity contribution is 5.24. The SMILES string of the molecule is N#Cc1cccn(C[C@H]2CCCN2)c1=O. The van der Waals surface area contributed by atoms with Gasteiger partial charge in [0.25, 0.3) is 5.56 Å². The molecular formula is C11H13N3O. The number of nitrogens with one attached hydrogen (secondary N) is 1. The minimum Gasteiger partial charge on any atom is -0.313 e. The van der Waals surface area contributed by atoms with Crippen LogP contribution in [0.2, 0.25) is 0 Å². The monoisotopic (exact) mass is 203 g/mol. The summed E-state index contributed by atoms with van der Waals surface area (Å²) < 4.78 is 1.61. The predicted molar refractivity (Wildman–Crippen MR) is 56.4 cm³/mol. The van der Waals surface area contributed by atoms with Gasteiger partial charge >= 0.3 is 0 Å². The Morgan fingerprint density at radius 2 is 2.53 bits per heavy atom. The van der Waals surface area contributed by atoms with Crippen LogP contribution >= 0.6 is 0 Å². The Morgan fingerprint density at radius 3 is 3.20 bits per heavy atom. The van der Waals surface area contributed by atoms with Crippen LogP contribution in [0.5, 0.6) is 0 Å². The van der Waals surface area contributed by atoms with Crippen LogP contribution in [-0.4, -0.2) is 17.2 Å². The molecule has 1 aliphatic rings. The van der Waals surface area contributed by atoms with Crippen LogP contribution in [0.15, 0.2) is 23.1 Å². The van der Waals surface area contributed by atoms with E-state index in [1.54, 1.807) is 22.9 Å². The number of pyridine rings is 1. The Morgan fingerprint density at radius 1 is 1.67 bits per heavy atom. The summed E-state index contributed by atoms with van der Waals surface area (Å²) in [7, 11) is 0. The summed E-state index contributed by atoms with van der Waals surface area (Å²) in [5, 5.41) is 12.1. The van der Waals surface area contributed by atoms with Gasteiger partial charge in [-0.2, -0.15) is 5.26 Å². The Labute approximate surface area is 88.1 Å². The Kier molecular flexibility index (Phi) is 2.84. The minimum absolute atomic E-state index is 0.186. The normalized spacial score (nSPS) is 20.1. The molecule has 1 aliphatic heterocycles. The first kappa shape index (κ1) is 9.94. The van der Waals surface area contributed by atoms with Gasteiger partial charge in [0.1, 0.15) is 11.6 Å². The van der Waals surface area contributed by atoms with Gasteiger partial charge in [-0.1, -0.05) is 0 Å². The van der Waals surface area contributed by atoms with Crippen molar-refractivity contribution in [2.45, 2.75) is 25.4 Å². The third-order valence-electron chi connectivity index (χ3n) is 2.72. The van der Waals surface area contributed by atoms with Crippen molar-refractivity contribution in [2.75, 3.05) is 6.54 Å². The Balaban J connectivity index is 2.21. The molecule has 2 heterocycles. The standard InChI is InChI=1S/C11H13N3O/c12-7-9-3-2-6-14(11(9)15)8-10-4-1-5-13-10/h2-3,6,10,13H,1,4-5,8H2/t10-/m1/s1. The second-order valence-corrected chi connectivity index (χ2v) is 3.78. The fourth-order valence-electron chi connectivity index (χ4n) is 1.92. The van der Waals surface area contributed by atoms with Crippen molar-refractivity contribution in [2.24, 2.45) is 0 Å². The van der Waals surface area contributed by atoms with Crippen molar-refractivity contribution >= 4 is 0 Å². The molecule has 1 saturated heterocycles. The molecule has 2 rings (SSSR count). The average Bonchev–Trinajstić information content (AvgIpc) is 2.74. The van der Waals surface area contributed by atoms with E-state index in [-0.39, 0.29) is 11.1 Å². The molecule has 1 aromatic rings. The minimum atomic E-state index is -0.186. The average molecular weight is 203 g/mol. The van der Waals surface area contributed by atoms with Crippen molar-refractivity contribution < 1.29 is 0 Å². The molecule has 1 fully saturated rings. The van der Waals surface area contributed by atoms with Gasteiger partial charge in [-0.3, -0.25) is 4.79 Å². The molecule has 0 unspecified atom stereocenters. The van der Waals surface area contributed by atoms with Crippen LogP contribution in [0.25, 0.3) is 0 Å². The highest BCUT2D eigenvalue weighted by Gasteiger charge is 2.15. The summed E-state index contributed by atoms with van der Waals surface area (Å²) in [5.41, 5.74) is 0.0317. The van der Waals surface area contributed by atoms with Crippen molar-refractivity contribution in [3.8, 4) is 6.07 Å². The van der Waals surface area contributed by atoms with Gasteiger partial charge < -0.3 is 9.88 Å². The highest BCUT2D eigenvalue weighted by Crippen LogP contribution is 2.06. The van der Waals surface area contributed by atoms with E-state index in [2.05, 4.69) is 5.32 Å². The maximum absolute atomic E-state index is 11.7. The van der Waals surface area contributed by atoms with Crippen LogP contribution in [0.4, 0.5) is 0 Å². The topological polar surface area (TPSA) is 57.8 Å². The number of hydrogen-bond donors (Lipinski definition) is 1. The number of rotatable bonds is 2. The molecule has 0 spiro atoms. The van der Waals surface area contributed by atoms with E-state index in [0.29, 0.717) is 12.6 Å². The molecule has 0 radical (unpaired) electrons. The second kappa shape index (κ2) is 4.28. The van der Waals surface area contributed by atoms with E-state index < -0.39 is 0 Å². The molecule has 15 heavy (non-hydrogen) atoms. The van der Waals surface area contributed by atoms with Gasteiger partial charge in [-0.25, -0.2) is 0 Å². The van der Waals surface area contributed by atoms with E-state index in [1.807, 2.05) is 6.07 Å². The summed E-state index contributed by atoms with van der Waals surface area (Å²) in [5.74, 6) is 0. The van der Waals surface area contributed by atoms with E-state index in [9.17, 15) is 4.79 Å². The molecule has 0 aliphatic carbocycles. The summed E-state index contributed by atoms with van der Waals surface area (Å²) in [6.45, 7) is 1.69. The van der Waals surface area contributed by atoms with Crippen molar-refractivity contribution in [3.05, 3.63) is 34.2 Å². The van der Waals surface area contributed by atoms with Gasteiger partial charge in [-0.15, -0.1) is 0 Å². The first-order valence-corrected chi connectivity index (χ1v) is 5.14. The fourth-order valence-corrected chi connectivity index (χ4v) is 1.92. The zero-order chi connectivity index (χ0) is 10.7. The fraction of sp³-hybridized carbons (Fsp3) is 0.455. The summed E-state index contributed by atoms with van der Waals surface area (Å²) in [4.78, 5) is 11.7. The third kappa shape index (κ3) is 2.08. The lowest BCUT2D eigenvalue weighted by atomic mass is 10.2. The van der Waals surface area contributed by atoms with Crippen LogP contribution in [0.3, 0.4) is 0 Å². The van der Waals surface area contributed by atoms with E-state index in [4.69, 9.17) is 5.26 Å². The third-order valence-corrected chi connectivity index (χ3v) is 2.72. The van der Waals surface area contributed by atoms with E-state index in [0.717, 1.165) is 19.4 Å². The quantitative estimate of drug-likeness (QED) is 0.760. The Bertz CT molecular complexity index is 438. The molecule has 0 bridgehead atoms. The highest BCUT2D eigenvalue weighted by atomic mass is 16.1. The zero-order valence-electron chi connectivity index (χ0n) is 8.44. The molecule has 1 N–H and O–H groups in total. The van der Waals surface area contributed by atoms with Gasteiger partial charge in [-0.05, 0) is 31.5 Å². The molecule has 1 atom stereocenters. The lowest BCUT2D eigenvalue weighted by Crippen LogP contribution is -2.32. The predicted octanol–water partition coefficient (Wildman–Crippen LogP) is 0.472. The summed E-state index contributed by atoms with van der Waals surface area (Å²) in [6, 6.07) is 5.58. The number of nitrogens with zero attached hydrogens (tertiary/aromatic N) is 2. The van der Waals surface area contributed by atoms with Gasteiger partial charge in [0.2, 0.25) is 0 Å². The van der Waals surface area contributed by atoms with Gasteiger partial charge in [0.15, 0.2) is 0 Å². The van der Waals surface area contributed by atoms with Gasteiger partial charge in [0, 0.05) is 18.8 Å². The van der Waals surface area contributed by atoms with Crippen LogP contribution in [0.1, 0.15) is 18.4 Å². The number of hydrogen-bond acceptors (Lipinski definition) is 3. The lowest BCUT2D eigenvalue weighted by Gasteiger charge is -2.12. The summed E-state index contributed by atoms with van der Waals surface area (Å²) in [6.07, 6.45) is 4.00. The summed E-state index contributed by atoms with van der Waals surface area (Å²) >= 11 is 0. The first-order valence-electron chi connectivity index (χ1n) is 5.14. The Hall–Kier alpha value is -1.60. The molecule has 4 nitrogen and oxygen atoms in total. The van der Waals surface area contributed by atoms with Crippen LogP contribution < -0.4 is 10.9 Å².